The van der Waals surface area contributed by atoms with Crippen molar-refractivity contribution in [2.24, 2.45) is 5.73 Å². The number of piperidine rings is 1. The molecule has 0 aromatic carbocycles. The van der Waals surface area contributed by atoms with E-state index in [1.807, 2.05) is 5.01 Å². The molecule has 14 nitrogen and oxygen atoms in total. The van der Waals surface area contributed by atoms with Gasteiger partial charge in [-0.3, -0.25) is 35.7 Å². The Labute approximate surface area is 212 Å². The molecule has 3 heterocycles. The molecule has 206 valence electrons. The maximum absolute atomic E-state index is 12.5. The first kappa shape index (κ1) is 28.7. The minimum absolute atomic E-state index is 0.0848. The fourth-order valence-electron chi connectivity index (χ4n) is 5.19. The van der Waals surface area contributed by atoms with E-state index in [1.165, 1.54) is 7.11 Å². The summed E-state index contributed by atoms with van der Waals surface area (Å²) in [6, 6.07) is -0.432. The summed E-state index contributed by atoms with van der Waals surface area (Å²) >= 11 is 0. The van der Waals surface area contributed by atoms with Gasteiger partial charge in [0.1, 0.15) is 5.66 Å². The van der Waals surface area contributed by atoms with Crippen molar-refractivity contribution < 1.29 is 29.0 Å². The third-order valence-electron chi connectivity index (χ3n) is 7.15. The lowest BCUT2D eigenvalue weighted by molar-refractivity contribution is -0.227. The van der Waals surface area contributed by atoms with E-state index >= 15 is 0 Å². The highest BCUT2D eigenvalue weighted by atomic mass is 16.5. The van der Waals surface area contributed by atoms with Crippen LogP contribution in [0.2, 0.25) is 0 Å². The van der Waals surface area contributed by atoms with Gasteiger partial charge in [0.2, 0.25) is 0 Å². The molecule has 7 N–H and O–H groups in total. The number of hydrogen-bond acceptors (Lipinski definition) is 13. The van der Waals surface area contributed by atoms with Gasteiger partial charge in [-0.1, -0.05) is 0 Å². The Balaban J connectivity index is 2.01. The van der Waals surface area contributed by atoms with Gasteiger partial charge in [-0.2, -0.15) is 10.5 Å². The maximum atomic E-state index is 12.5. The van der Waals surface area contributed by atoms with Crippen LogP contribution in [0.1, 0.15) is 39.0 Å². The van der Waals surface area contributed by atoms with Crippen molar-refractivity contribution in [1.29, 1.82) is 0 Å². The number of hydrogen-bond donors (Lipinski definition) is 6. The zero-order chi connectivity index (χ0) is 26.2. The van der Waals surface area contributed by atoms with Crippen LogP contribution in [0, 0.1) is 0 Å². The first-order valence-electron chi connectivity index (χ1n) is 12.8. The number of carbonyl (C=O) groups is 3. The van der Waals surface area contributed by atoms with E-state index in [-0.39, 0.29) is 32.7 Å². The molecule has 0 amide bonds. The third kappa shape index (κ3) is 6.31. The van der Waals surface area contributed by atoms with Crippen molar-refractivity contribution >= 4 is 17.9 Å². The SMILES string of the molecule is CCOC(=O)CNC1(NCC(=O)OC)C(NCCC(=O)O)CCN(NN2CCCC2)C1(N)N1CCC1. The monoisotopic (exact) mass is 514 g/mol. The Morgan fingerprint density at radius 2 is 1.69 bits per heavy atom. The number of nitrogens with one attached hydrogen (secondary N) is 4. The number of methoxy groups -OCH3 is 1. The molecule has 0 aromatic rings. The molecule has 14 heteroatoms. The van der Waals surface area contributed by atoms with Gasteiger partial charge < -0.3 is 19.9 Å². The quantitative estimate of drug-likeness (QED) is 0.107. The molecule has 3 aliphatic rings. The molecule has 36 heavy (non-hydrogen) atoms. The average molecular weight is 515 g/mol. The summed E-state index contributed by atoms with van der Waals surface area (Å²) in [7, 11) is 1.30. The zero-order valence-electron chi connectivity index (χ0n) is 21.4. The first-order valence-corrected chi connectivity index (χ1v) is 12.8. The van der Waals surface area contributed by atoms with Gasteiger partial charge in [-0.25, -0.2) is 5.01 Å². The van der Waals surface area contributed by atoms with Gasteiger partial charge in [-0.05, 0) is 32.6 Å². The number of carbonyl (C=O) groups excluding carboxylic acids is 2. The number of ether oxygens (including phenoxy) is 2. The van der Waals surface area contributed by atoms with Crippen LogP contribution in [0.3, 0.4) is 0 Å². The lowest BCUT2D eigenvalue weighted by atomic mass is 9.82. The molecule has 3 unspecified atom stereocenters. The summed E-state index contributed by atoms with van der Waals surface area (Å²) in [6.07, 6.45) is 3.58. The van der Waals surface area contributed by atoms with Crippen molar-refractivity contribution in [2.45, 2.75) is 56.5 Å². The fraction of sp³-hybridized carbons (Fsp3) is 0.864. The number of carboxylic acid groups (broad SMARTS) is 1. The van der Waals surface area contributed by atoms with E-state index in [2.05, 4.69) is 31.4 Å². The smallest absolute Gasteiger partial charge is 0.319 e. The standard InChI is InChI=1S/C22H42N8O6/c1-3-36-20(34)16-26-21(25-15-19(33)35-2)17(24-9-7-18(31)32)8-14-30(27-29-12-4-5-13-29)22(21,23)28-10-6-11-28/h17,24-27H,3-16,23H2,1-2H3,(H,31,32). The Kier molecular flexibility index (Phi) is 10.4. The molecule has 3 saturated heterocycles. The minimum Gasteiger partial charge on any atom is -0.481 e. The van der Waals surface area contributed by atoms with Crippen LogP contribution in [-0.4, -0.2) is 121 Å². The van der Waals surface area contributed by atoms with Crippen molar-refractivity contribution in [3.63, 3.8) is 0 Å². The van der Waals surface area contributed by atoms with Crippen molar-refractivity contribution in [3.05, 3.63) is 0 Å². The van der Waals surface area contributed by atoms with Crippen LogP contribution < -0.4 is 27.2 Å². The van der Waals surface area contributed by atoms with Crippen molar-refractivity contribution in [3.8, 4) is 0 Å². The predicted octanol–water partition coefficient (Wildman–Crippen LogP) is -2.43. The lowest BCUT2D eigenvalue weighted by Gasteiger charge is -2.65. The second-order valence-corrected chi connectivity index (χ2v) is 9.35. The summed E-state index contributed by atoms with van der Waals surface area (Å²) in [5.74, 6) is -3.12. The summed E-state index contributed by atoms with van der Waals surface area (Å²) in [5, 5.41) is 23.2. The van der Waals surface area contributed by atoms with E-state index in [0.717, 1.165) is 45.4 Å². The number of nitrogens with zero attached hydrogens (tertiary/aromatic N) is 3. The number of esters is 2. The zero-order valence-corrected chi connectivity index (χ0v) is 21.4. The largest absolute Gasteiger partial charge is 0.481 e. The van der Waals surface area contributed by atoms with Crippen LogP contribution in [0.15, 0.2) is 0 Å². The number of rotatable bonds is 14. The summed E-state index contributed by atoms with van der Waals surface area (Å²) in [6.45, 7) is 5.57. The van der Waals surface area contributed by atoms with Gasteiger partial charge in [0.15, 0.2) is 5.79 Å². The van der Waals surface area contributed by atoms with Crippen LogP contribution >= 0.6 is 0 Å². The number of aliphatic carboxylic acids is 1. The van der Waals surface area contributed by atoms with Crippen molar-refractivity contribution in [1.82, 2.24) is 36.4 Å². The third-order valence-corrected chi connectivity index (χ3v) is 7.15. The number of hydrazine groups is 2. The van der Waals surface area contributed by atoms with Gasteiger partial charge in [-0.15, -0.1) is 0 Å². The Hall–Kier alpha value is -1.91. The van der Waals surface area contributed by atoms with Gasteiger partial charge >= 0.3 is 17.9 Å². The predicted molar refractivity (Wildman–Crippen MR) is 130 cm³/mol. The molecular formula is C22H42N8O6. The molecule has 0 spiro atoms. The van der Waals surface area contributed by atoms with E-state index in [1.54, 1.807) is 6.92 Å². The van der Waals surface area contributed by atoms with E-state index in [4.69, 9.17) is 15.2 Å². The molecule has 0 aromatic heterocycles. The highest BCUT2D eigenvalue weighted by molar-refractivity contribution is 5.72. The van der Waals surface area contributed by atoms with E-state index in [0.29, 0.717) is 13.0 Å². The number of likely N-dealkylation sites (tertiary alicyclic amines) is 1. The number of nitrogens with two attached hydrogens (primary N) is 1. The summed E-state index contributed by atoms with van der Waals surface area (Å²) in [4.78, 5) is 38.1. The number of carboxylic acids is 1. The summed E-state index contributed by atoms with van der Waals surface area (Å²) in [5.41, 5.74) is 9.57. The van der Waals surface area contributed by atoms with Crippen LogP contribution in [-0.2, 0) is 23.9 Å². The maximum Gasteiger partial charge on any atom is 0.319 e. The highest BCUT2D eigenvalue weighted by Crippen LogP contribution is 2.37. The molecular weight excluding hydrogens is 472 g/mol. The molecule has 3 atom stereocenters. The minimum atomic E-state index is -1.27. The Morgan fingerprint density at radius 1 is 1.03 bits per heavy atom. The molecule has 3 aliphatic heterocycles. The molecule has 0 aliphatic carbocycles. The van der Waals surface area contributed by atoms with E-state index in [9.17, 15) is 19.5 Å². The van der Waals surface area contributed by atoms with E-state index < -0.39 is 35.4 Å². The fourth-order valence-corrected chi connectivity index (χ4v) is 5.19. The first-order chi connectivity index (χ1) is 17.3. The molecule has 0 saturated carbocycles. The second kappa shape index (κ2) is 13.1. The second-order valence-electron chi connectivity index (χ2n) is 9.35. The Bertz CT molecular complexity index is 765. The summed E-state index contributed by atoms with van der Waals surface area (Å²) < 4.78 is 10.1. The van der Waals surface area contributed by atoms with Gasteiger partial charge in [0.05, 0.1) is 33.2 Å². The average Bonchev–Trinajstić information content (AvgIpc) is 3.32. The Morgan fingerprint density at radius 3 is 2.25 bits per heavy atom. The molecule has 3 rings (SSSR count). The van der Waals surface area contributed by atoms with Crippen LogP contribution in [0.25, 0.3) is 0 Å². The lowest BCUT2D eigenvalue weighted by Crippen LogP contribution is -2.95. The van der Waals surface area contributed by atoms with Gasteiger partial charge in [0, 0.05) is 45.3 Å². The van der Waals surface area contributed by atoms with Crippen LogP contribution in [0.5, 0.6) is 0 Å². The normalized spacial score (nSPS) is 29.6. The van der Waals surface area contributed by atoms with Crippen molar-refractivity contribution in [2.75, 3.05) is 66.1 Å². The molecule has 3 fully saturated rings. The highest BCUT2D eigenvalue weighted by Gasteiger charge is 2.64. The van der Waals surface area contributed by atoms with Crippen LogP contribution in [0.4, 0.5) is 0 Å². The van der Waals surface area contributed by atoms with Gasteiger partial charge in [0.25, 0.3) is 0 Å². The molecule has 0 bridgehead atoms. The molecule has 0 radical (unpaired) electrons. The topological polar surface area (TPSA) is 174 Å².